The molecular formula is C21H27N. The summed E-state index contributed by atoms with van der Waals surface area (Å²) in [6, 6.07) is 17.5. The van der Waals surface area contributed by atoms with Gasteiger partial charge < -0.3 is 4.90 Å². The summed E-state index contributed by atoms with van der Waals surface area (Å²) in [6.45, 7) is 5.50. The first-order valence-corrected chi connectivity index (χ1v) is 8.12. The highest BCUT2D eigenvalue weighted by atomic mass is 15.0. The van der Waals surface area contributed by atoms with Gasteiger partial charge in [0.25, 0.3) is 0 Å². The van der Waals surface area contributed by atoms with E-state index in [2.05, 4.69) is 87.4 Å². The lowest BCUT2D eigenvalue weighted by Gasteiger charge is -2.16. The molecule has 0 radical (unpaired) electrons. The van der Waals surface area contributed by atoms with Crippen molar-refractivity contribution in [2.24, 2.45) is 0 Å². The second kappa shape index (κ2) is 7.95. The molecule has 0 bridgehead atoms. The average Bonchev–Trinajstić information content (AvgIpc) is 2.52. The van der Waals surface area contributed by atoms with E-state index in [9.17, 15) is 0 Å². The number of hydrogen-bond donors (Lipinski definition) is 0. The second-order valence-corrected chi connectivity index (χ2v) is 6.04. The van der Waals surface area contributed by atoms with Gasteiger partial charge in [-0.1, -0.05) is 61.5 Å². The number of aryl methyl sites for hydroxylation is 2. The van der Waals surface area contributed by atoms with Crippen LogP contribution in [0.25, 0.3) is 5.57 Å². The largest absolute Gasteiger partial charge is 0.309 e. The molecule has 0 unspecified atom stereocenters. The molecule has 0 atom stereocenters. The average molecular weight is 293 g/mol. The molecule has 2 rings (SSSR count). The number of benzene rings is 2. The third kappa shape index (κ3) is 4.08. The summed E-state index contributed by atoms with van der Waals surface area (Å²) in [7, 11) is 4.25. The highest BCUT2D eigenvalue weighted by Crippen LogP contribution is 2.29. The minimum Gasteiger partial charge on any atom is -0.309 e. The molecule has 0 amide bonds. The number of nitrogens with zero attached hydrogens (tertiary/aromatic N) is 1. The zero-order valence-electron chi connectivity index (χ0n) is 14.3. The Balaban J connectivity index is 2.48. The Morgan fingerprint density at radius 3 is 2.23 bits per heavy atom. The molecule has 0 heterocycles. The smallest absolute Gasteiger partial charge is 0.00101 e. The maximum atomic E-state index is 2.40. The lowest BCUT2D eigenvalue weighted by molar-refractivity contribution is 0.417. The van der Waals surface area contributed by atoms with E-state index in [1.165, 1.54) is 27.8 Å². The molecule has 0 fully saturated rings. The van der Waals surface area contributed by atoms with Crippen LogP contribution in [-0.2, 0) is 6.42 Å². The van der Waals surface area contributed by atoms with Crippen molar-refractivity contribution < 1.29 is 0 Å². The van der Waals surface area contributed by atoms with E-state index in [0.29, 0.717) is 0 Å². The van der Waals surface area contributed by atoms with Gasteiger partial charge in [-0.25, -0.2) is 0 Å². The van der Waals surface area contributed by atoms with Gasteiger partial charge in [-0.2, -0.15) is 0 Å². The molecule has 2 aromatic carbocycles. The first kappa shape index (κ1) is 16.5. The predicted octanol–water partition coefficient (Wildman–Crippen LogP) is 4.94. The monoisotopic (exact) mass is 293 g/mol. The third-order valence-electron chi connectivity index (χ3n) is 4.05. The fourth-order valence-electron chi connectivity index (χ4n) is 2.80. The van der Waals surface area contributed by atoms with Gasteiger partial charge in [0.05, 0.1) is 0 Å². The quantitative estimate of drug-likeness (QED) is 0.729. The summed E-state index contributed by atoms with van der Waals surface area (Å²) in [5.74, 6) is 0. The van der Waals surface area contributed by atoms with Gasteiger partial charge in [0.15, 0.2) is 0 Å². The van der Waals surface area contributed by atoms with Crippen molar-refractivity contribution in [2.75, 3.05) is 20.6 Å². The van der Waals surface area contributed by atoms with Gasteiger partial charge in [0, 0.05) is 6.54 Å². The van der Waals surface area contributed by atoms with Crippen molar-refractivity contribution in [2.45, 2.75) is 26.7 Å². The molecule has 0 aliphatic rings. The highest BCUT2D eigenvalue weighted by Gasteiger charge is 2.10. The molecule has 0 aliphatic carbocycles. The molecule has 0 aromatic heterocycles. The molecule has 0 N–H and O–H groups in total. The molecule has 22 heavy (non-hydrogen) atoms. The Labute approximate surface area is 135 Å². The molecule has 2 aromatic rings. The van der Waals surface area contributed by atoms with Crippen LogP contribution in [0.4, 0.5) is 0 Å². The van der Waals surface area contributed by atoms with Gasteiger partial charge in [0.1, 0.15) is 0 Å². The molecular weight excluding hydrogens is 266 g/mol. The van der Waals surface area contributed by atoms with Gasteiger partial charge >= 0.3 is 0 Å². The molecule has 0 saturated carbocycles. The van der Waals surface area contributed by atoms with Crippen molar-refractivity contribution >= 4 is 5.57 Å². The van der Waals surface area contributed by atoms with Crippen LogP contribution in [0.1, 0.15) is 35.6 Å². The standard InChI is InChI=1S/C21H27N/c1-5-18-12-7-9-14-20(18)21(15-10-16-22(3)4)19-13-8-6-11-17(19)2/h6-9,11-15H,5,10,16H2,1-4H3/b21-15+. The van der Waals surface area contributed by atoms with Crippen LogP contribution in [0.5, 0.6) is 0 Å². The van der Waals surface area contributed by atoms with Crippen LogP contribution in [0, 0.1) is 6.92 Å². The topological polar surface area (TPSA) is 3.24 Å². The fraction of sp³-hybridized carbons (Fsp3) is 0.333. The minimum absolute atomic E-state index is 1.06. The summed E-state index contributed by atoms with van der Waals surface area (Å²) >= 11 is 0. The summed E-state index contributed by atoms with van der Waals surface area (Å²) in [4.78, 5) is 2.23. The van der Waals surface area contributed by atoms with E-state index in [1.54, 1.807) is 0 Å². The first-order chi connectivity index (χ1) is 10.6. The summed E-state index contributed by atoms with van der Waals surface area (Å²) in [5.41, 5.74) is 6.85. The molecule has 1 nitrogen and oxygen atoms in total. The summed E-state index contributed by atoms with van der Waals surface area (Å²) in [5, 5.41) is 0. The van der Waals surface area contributed by atoms with Crippen molar-refractivity contribution in [1.82, 2.24) is 4.90 Å². The molecule has 0 saturated heterocycles. The SMILES string of the molecule is CCc1ccccc1/C(=C/CCN(C)C)c1ccccc1C. The lowest BCUT2D eigenvalue weighted by Crippen LogP contribution is -2.12. The molecule has 1 heteroatoms. The Bertz CT molecular complexity index is 638. The zero-order valence-corrected chi connectivity index (χ0v) is 14.3. The van der Waals surface area contributed by atoms with E-state index in [1.807, 2.05) is 0 Å². The van der Waals surface area contributed by atoms with Gasteiger partial charge in [-0.05, 0) is 61.7 Å². The highest BCUT2D eigenvalue weighted by molar-refractivity contribution is 5.82. The van der Waals surface area contributed by atoms with E-state index < -0.39 is 0 Å². The van der Waals surface area contributed by atoms with Gasteiger partial charge in [-0.15, -0.1) is 0 Å². The van der Waals surface area contributed by atoms with Crippen molar-refractivity contribution in [1.29, 1.82) is 0 Å². The van der Waals surface area contributed by atoms with Crippen LogP contribution < -0.4 is 0 Å². The summed E-state index contributed by atoms with van der Waals surface area (Å²) < 4.78 is 0. The maximum absolute atomic E-state index is 2.40. The maximum Gasteiger partial charge on any atom is 0.00101 e. The predicted molar refractivity (Wildman–Crippen MR) is 97.2 cm³/mol. The van der Waals surface area contributed by atoms with Gasteiger partial charge in [0.2, 0.25) is 0 Å². The normalized spacial score (nSPS) is 12.0. The molecule has 0 aliphatic heterocycles. The molecule has 0 spiro atoms. The van der Waals surface area contributed by atoms with E-state index in [0.717, 1.165) is 19.4 Å². The van der Waals surface area contributed by atoms with Gasteiger partial charge in [-0.3, -0.25) is 0 Å². The van der Waals surface area contributed by atoms with Crippen LogP contribution >= 0.6 is 0 Å². The second-order valence-electron chi connectivity index (χ2n) is 6.04. The first-order valence-electron chi connectivity index (χ1n) is 8.12. The third-order valence-corrected chi connectivity index (χ3v) is 4.05. The number of rotatable bonds is 6. The van der Waals surface area contributed by atoms with E-state index >= 15 is 0 Å². The number of hydrogen-bond acceptors (Lipinski definition) is 1. The lowest BCUT2D eigenvalue weighted by atomic mass is 9.90. The van der Waals surface area contributed by atoms with Crippen LogP contribution in [-0.4, -0.2) is 25.5 Å². The Kier molecular flexibility index (Phi) is 5.97. The van der Waals surface area contributed by atoms with Crippen LogP contribution in [0.15, 0.2) is 54.6 Å². The van der Waals surface area contributed by atoms with Crippen molar-refractivity contribution in [3.8, 4) is 0 Å². The van der Waals surface area contributed by atoms with Crippen molar-refractivity contribution in [3.05, 3.63) is 76.9 Å². The van der Waals surface area contributed by atoms with Crippen LogP contribution in [0.2, 0.25) is 0 Å². The minimum atomic E-state index is 1.06. The van der Waals surface area contributed by atoms with E-state index in [-0.39, 0.29) is 0 Å². The van der Waals surface area contributed by atoms with E-state index in [4.69, 9.17) is 0 Å². The van der Waals surface area contributed by atoms with Crippen LogP contribution in [0.3, 0.4) is 0 Å². The fourth-order valence-corrected chi connectivity index (χ4v) is 2.80. The Morgan fingerprint density at radius 2 is 1.59 bits per heavy atom. The Hall–Kier alpha value is -1.86. The van der Waals surface area contributed by atoms with Crippen molar-refractivity contribution in [3.63, 3.8) is 0 Å². The summed E-state index contributed by atoms with van der Waals surface area (Å²) in [6.07, 6.45) is 4.53. The Morgan fingerprint density at radius 1 is 0.955 bits per heavy atom. The zero-order chi connectivity index (χ0) is 15.9. The molecule has 116 valence electrons.